The maximum Gasteiger partial charge on any atom is 0.255 e. The zero-order valence-electron chi connectivity index (χ0n) is 16.2. The van der Waals surface area contributed by atoms with Crippen LogP contribution in [0.2, 0.25) is 0 Å². The topological polar surface area (TPSA) is 64.1 Å². The van der Waals surface area contributed by atoms with Crippen LogP contribution in [-0.4, -0.2) is 15.9 Å². The molecule has 5 nitrogen and oxygen atoms in total. The van der Waals surface area contributed by atoms with E-state index in [0.717, 1.165) is 11.3 Å². The number of hydrogen-bond donors (Lipinski definition) is 1. The van der Waals surface area contributed by atoms with Gasteiger partial charge in [0.1, 0.15) is 11.6 Å². The van der Waals surface area contributed by atoms with Crippen molar-refractivity contribution in [2.24, 2.45) is 0 Å². The number of benzene rings is 3. The van der Waals surface area contributed by atoms with Crippen LogP contribution in [0.1, 0.15) is 15.9 Å². The van der Waals surface area contributed by atoms with Crippen LogP contribution in [-0.2, 0) is 0 Å². The molecule has 148 valence electrons. The van der Waals surface area contributed by atoms with E-state index < -0.39 is 0 Å². The first-order valence-electron chi connectivity index (χ1n) is 9.32. The Labute approximate surface area is 173 Å². The molecular weight excluding hydrogens is 381 g/mol. The van der Waals surface area contributed by atoms with Crippen LogP contribution in [0.4, 0.5) is 10.1 Å². The van der Waals surface area contributed by atoms with Crippen LogP contribution < -0.4 is 10.1 Å². The molecule has 4 aromatic rings. The highest BCUT2D eigenvalue weighted by molar-refractivity contribution is 6.04. The fourth-order valence-corrected chi connectivity index (χ4v) is 2.86. The highest BCUT2D eigenvalue weighted by atomic mass is 19.1. The summed E-state index contributed by atoms with van der Waals surface area (Å²) in [5.74, 6) is 0.791. The average Bonchev–Trinajstić information content (AvgIpc) is 2.75. The third-order valence-corrected chi connectivity index (χ3v) is 4.35. The smallest absolute Gasteiger partial charge is 0.255 e. The standard InChI is InChI=1S/C24H18FN3O2/c1-16-3-2-4-20(15-16)27-24(29)18-7-11-21(12-8-18)30-22-13-14-26-23(28-22)17-5-9-19(25)10-6-17/h2-15H,1H3,(H,27,29). The summed E-state index contributed by atoms with van der Waals surface area (Å²) in [5.41, 5.74) is 3.01. The first-order chi connectivity index (χ1) is 14.6. The molecule has 0 atom stereocenters. The molecule has 3 aromatic carbocycles. The predicted octanol–water partition coefficient (Wildman–Crippen LogP) is 5.64. The summed E-state index contributed by atoms with van der Waals surface area (Å²) in [6.45, 7) is 1.97. The van der Waals surface area contributed by atoms with Crippen molar-refractivity contribution in [1.29, 1.82) is 0 Å². The van der Waals surface area contributed by atoms with Crippen molar-refractivity contribution in [1.82, 2.24) is 9.97 Å². The largest absolute Gasteiger partial charge is 0.439 e. The quantitative estimate of drug-likeness (QED) is 0.472. The van der Waals surface area contributed by atoms with Crippen LogP contribution in [0.25, 0.3) is 11.4 Å². The van der Waals surface area contributed by atoms with Crippen molar-refractivity contribution in [2.75, 3.05) is 5.32 Å². The predicted molar refractivity (Wildman–Crippen MR) is 113 cm³/mol. The second-order valence-corrected chi connectivity index (χ2v) is 6.68. The Hall–Kier alpha value is -4.06. The number of carbonyl (C=O) groups excluding carboxylic acids is 1. The zero-order valence-corrected chi connectivity index (χ0v) is 16.2. The van der Waals surface area contributed by atoms with Gasteiger partial charge in [-0.15, -0.1) is 0 Å². The maximum atomic E-state index is 13.1. The number of carbonyl (C=O) groups is 1. The summed E-state index contributed by atoms with van der Waals surface area (Å²) in [6.07, 6.45) is 1.57. The van der Waals surface area contributed by atoms with E-state index in [0.29, 0.717) is 28.6 Å². The summed E-state index contributed by atoms with van der Waals surface area (Å²) in [6, 6.07) is 21.9. The summed E-state index contributed by atoms with van der Waals surface area (Å²) in [5, 5.41) is 2.87. The Morgan fingerprint density at radius 3 is 2.47 bits per heavy atom. The molecule has 1 heterocycles. The second-order valence-electron chi connectivity index (χ2n) is 6.68. The molecule has 6 heteroatoms. The molecule has 0 fully saturated rings. The van der Waals surface area contributed by atoms with Crippen LogP contribution in [0.3, 0.4) is 0 Å². The summed E-state index contributed by atoms with van der Waals surface area (Å²) >= 11 is 0. The van der Waals surface area contributed by atoms with Gasteiger partial charge in [-0.05, 0) is 73.2 Å². The highest BCUT2D eigenvalue weighted by Gasteiger charge is 2.08. The van der Waals surface area contributed by atoms with Crippen molar-refractivity contribution in [3.8, 4) is 23.0 Å². The number of amides is 1. The summed E-state index contributed by atoms with van der Waals surface area (Å²) < 4.78 is 18.9. The minimum absolute atomic E-state index is 0.201. The molecule has 4 rings (SSSR count). The Morgan fingerprint density at radius 1 is 0.967 bits per heavy atom. The third-order valence-electron chi connectivity index (χ3n) is 4.35. The lowest BCUT2D eigenvalue weighted by Crippen LogP contribution is -2.11. The molecule has 0 spiro atoms. The number of anilines is 1. The van der Waals surface area contributed by atoms with E-state index in [1.165, 1.54) is 12.1 Å². The normalized spacial score (nSPS) is 10.5. The first-order valence-corrected chi connectivity index (χ1v) is 9.32. The molecule has 0 aliphatic rings. The van der Waals surface area contributed by atoms with E-state index in [1.54, 1.807) is 48.7 Å². The molecule has 0 radical (unpaired) electrons. The number of aromatic nitrogens is 2. The highest BCUT2D eigenvalue weighted by Crippen LogP contribution is 2.23. The third kappa shape index (κ3) is 4.67. The molecule has 0 saturated carbocycles. The van der Waals surface area contributed by atoms with Gasteiger partial charge < -0.3 is 10.1 Å². The van der Waals surface area contributed by atoms with E-state index in [4.69, 9.17) is 4.74 Å². The van der Waals surface area contributed by atoms with Gasteiger partial charge in [-0.2, -0.15) is 4.98 Å². The van der Waals surface area contributed by atoms with Crippen LogP contribution in [0, 0.1) is 12.7 Å². The molecule has 0 bridgehead atoms. The zero-order chi connectivity index (χ0) is 20.9. The van der Waals surface area contributed by atoms with E-state index in [1.807, 2.05) is 31.2 Å². The van der Waals surface area contributed by atoms with E-state index in [2.05, 4.69) is 15.3 Å². The van der Waals surface area contributed by atoms with Gasteiger partial charge in [-0.3, -0.25) is 4.79 Å². The van der Waals surface area contributed by atoms with Gasteiger partial charge in [-0.25, -0.2) is 9.37 Å². The molecule has 30 heavy (non-hydrogen) atoms. The molecule has 0 aliphatic heterocycles. The van der Waals surface area contributed by atoms with Crippen molar-refractivity contribution < 1.29 is 13.9 Å². The van der Waals surface area contributed by atoms with Gasteiger partial charge in [0, 0.05) is 29.1 Å². The average molecular weight is 399 g/mol. The number of ether oxygens (including phenoxy) is 1. The summed E-state index contributed by atoms with van der Waals surface area (Å²) in [4.78, 5) is 21.0. The number of rotatable bonds is 5. The van der Waals surface area contributed by atoms with E-state index >= 15 is 0 Å². The lowest BCUT2D eigenvalue weighted by molar-refractivity contribution is 0.102. The molecule has 0 aliphatic carbocycles. The maximum absolute atomic E-state index is 13.1. The van der Waals surface area contributed by atoms with Gasteiger partial charge in [0.2, 0.25) is 5.88 Å². The minimum Gasteiger partial charge on any atom is -0.439 e. The number of hydrogen-bond acceptors (Lipinski definition) is 4. The lowest BCUT2D eigenvalue weighted by atomic mass is 10.2. The SMILES string of the molecule is Cc1cccc(NC(=O)c2ccc(Oc3ccnc(-c4ccc(F)cc4)n3)cc2)c1. The number of aryl methyl sites for hydroxylation is 1. The Morgan fingerprint density at radius 2 is 1.73 bits per heavy atom. The number of nitrogens with zero attached hydrogens (tertiary/aromatic N) is 2. The van der Waals surface area contributed by atoms with Gasteiger partial charge in [-0.1, -0.05) is 12.1 Å². The Balaban J connectivity index is 1.45. The molecule has 1 aromatic heterocycles. The molecule has 1 amide bonds. The van der Waals surface area contributed by atoms with Crippen molar-refractivity contribution in [3.05, 3.63) is 102 Å². The van der Waals surface area contributed by atoms with Crippen LogP contribution in [0.15, 0.2) is 85.1 Å². The van der Waals surface area contributed by atoms with Crippen molar-refractivity contribution >= 4 is 11.6 Å². The minimum atomic E-state index is -0.322. The molecular formula is C24H18FN3O2. The van der Waals surface area contributed by atoms with Gasteiger partial charge in [0.25, 0.3) is 5.91 Å². The van der Waals surface area contributed by atoms with Gasteiger partial charge >= 0.3 is 0 Å². The van der Waals surface area contributed by atoms with Crippen LogP contribution in [0.5, 0.6) is 11.6 Å². The lowest BCUT2D eigenvalue weighted by Gasteiger charge is -2.08. The monoisotopic (exact) mass is 399 g/mol. The van der Waals surface area contributed by atoms with Gasteiger partial charge in [0.05, 0.1) is 0 Å². The number of halogens is 1. The van der Waals surface area contributed by atoms with Crippen molar-refractivity contribution in [3.63, 3.8) is 0 Å². The fraction of sp³-hybridized carbons (Fsp3) is 0.0417. The second kappa shape index (κ2) is 8.53. The number of nitrogens with one attached hydrogen (secondary N) is 1. The molecule has 0 saturated heterocycles. The van der Waals surface area contributed by atoms with Crippen LogP contribution >= 0.6 is 0 Å². The van der Waals surface area contributed by atoms with E-state index in [9.17, 15) is 9.18 Å². The van der Waals surface area contributed by atoms with E-state index in [-0.39, 0.29) is 11.7 Å². The fourth-order valence-electron chi connectivity index (χ4n) is 2.86. The Bertz CT molecular complexity index is 1180. The Kier molecular flexibility index (Phi) is 5.48. The van der Waals surface area contributed by atoms with Crippen molar-refractivity contribution in [2.45, 2.75) is 6.92 Å². The molecule has 0 unspecified atom stereocenters. The molecule has 1 N–H and O–H groups in total. The van der Waals surface area contributed by atoms with Gasteiger partial charge in [0.15, 0.2) is 5.82 Å². The summed E-state index contributed by atoms with van der Waals surface area (Å²) in [7, 11) is 0. The first kappa shape index (κ1) is 19.3.